The molecular weight excluding hydrogens is 250 g/mol. The molecule has 1 atom stereocenters. The Hall–Kier alpha value is -2.02. The van der Waals surface area contributed by atoms with Crippen LogP contribution in [0.5, 0.6) is 5.75 Å². The number of carbonyl (C=O) groups is 2. The van der Waals surface area contributed by atoms with Crippen molar-refractivity contribution in [1.29, 1.82) is 0 Å². The van der Waals surface area contributed by atoms with Gasteiger partial charge in [0.2, 0.25) is 0 Å². The molecule has 0 fully saturated rings. The molecule has 0 saturated heterocycles. The molecule has 0 spiro atoms. The van der Waals surface area contributed by atoms with Crippen LogP contribution in [0, 0.1) is 6.92 Å². The highest BCUT2D eigenvalue weighted by molar-refractivity contribution is 5.82. The lowest BCUT2D eigenvalue weighted by atomic mass is 10.00. The van der Waals surface area contributed by atoms with E-state index in [0.29, 0.717) is 0 Å². The molecule has 0 amide bonds. The summed E-state index contributed by atoms with van der Waals surface area (Å²) >= 11 is 0. The lowest BCUT2D eigenvalue weighted by Gasteiger charge is -2.14. The largest absolute Gasteiger partial charge is 0.479 e. The summed E-state index contributed by atoms with van der Waals surface area (Å²) in [4.78, 5) is 21.3. The van der Waals surface area contributed by atoms with Gasteiger partial charge in [-0.3, -0.25) is 4.79 Å². The molecule has 0 radical (unpaired) electrons. The van der Waals surface area contributed by atoms with Crippen LogP contribution < -0.4 is 4.74 Å². The van der Waals surface area contributed by atoms with E-state index in [1.165, 1.54) is 6.92 Å². The Balaban J connectivity index is 3.26. The SMILES string of the molecule is Cc1cc(OC(F)F)c(C=O)cc1C(O)C(=O)O. The molecule has 2 N–H and O–H groups in total. The zero-order valence-corrected chi connectivity index (χ0v) is 9.26. The van der Waals surface area contributed by atoms with Crippen molar-refractivity contribution in [3.63, 3.8) is 0 Å². The minimum atomic E-state index is -3.10. The van der Waals surface area contributed by atoms with Gasteiger partial charge in [-0.1, -0.05) is 0 Å². The summed E-state index contributed by atoms with van der Waals surface area (Å²) in [7, 11) is 0. The first-order valence-electron chi connectivity index (χ1n) is 4.82. The zero-order chi connectivity index (χ0) is 13.9. The van der Waals surface area contributed by atoms with Gasteiger partial charge in [0.1, 0.15) is 5.75 Å². The second-order valence-corrected chi connectivity index (χ2v) is 3.48. The second kappa shape index (κ2) is 5.54. The number of carboxylic acids is 1. The Morgan fingerprint density at radius 3 is 2.50 bits per heavy atom. The van der Waals surface area contributed by atoms with Crippen LogP contribution in [0.15, 0.2) is 12.1 Å². The van der Waals surface area contributed by atoms with Gasteiger partial charge < -0.3 is 14.9 Å². The first-order valence-corrected chi connectivity index (χ1v) is 4.82. The van der Waals surface area contributed by atoms with E-state index < -0.39 is 18.7 Å². The van der Waals surface area contributed by atoms with Gasteiger partial charge in [-0.2, -0.15) is 8.78 Å². The zero-order valence-electron chi connectivity index (χ0n) is 9.26. The monoisotopic (exact) mass is 260 g/mol. The van der Waals surface area contributed by atoms with Crippen LogP contribution in [0.3, 0.4) is 0 Å². The number of carboxylic acid groups (broad SMARTS) is 1. The number of aldehydes is 1. The third kappa shape index (κ3) is 3.01. The van der Waals surface area contributed by atoms with E-state index in [1.807, 2.05) is 0 Å². The number of ether oxygens (including phenoxy) is 1. The quantitative estimate of drug-likeness (QED) is 0.784. The minimum Gasteiger partial charge on any atom is -0.479 e. The molecule has 0 saturated carbocycles. The number of benzene rings is 1. The molecule has 0 bridgehead atoms. The fourth-order valence-corrected chi connectivity index (χ4v) is 1.43. The first kappa shape index (κ1) is 14.0. The molecule has 1 aromatic rings. The molecule has 98 valence electrons. The fourth-order valence-electron chi connectivity index (χ4n) is 1.43. The van der Waals surface area contributed by atoms with Crippen molar-refractivity contribution < 1.29 is 33.3 Å². The Morgan fingerprint density at radius 1 is 1.44 bits per heavy atom. The number of carbonyl (C=O) groups excluding carboxylic acids is 1. The van der Waals surface area contributed by atoms with E-state index in [-0.39, 0.29) is 28.7 Å². The Bertz CT molecular complexity index is 473. The summed E-state index contributed by atoms with van der Waals surface area (Å²) in [6.07, 6.45) is -1.58. The van der Waals surface area contributed by atoms with Crippen molar-refractivity contribution in [2.45, 2.75) is 19.6 Å². The normalized spacial score (nSPS) is 12.3. The van der Waals surface area contributed by atoms with Gasteiger partial charge in [-0.15, -0.1) is 0 Å². The second-order valence-electron chi connectivity index (χ2n) is 3.48. The number of alkyl halides is 2. The number of halogens is 2. The third-order valence-corrected chi connectivity index (χ3v) is 2.27. The van der Waals surface area contributed by atoms with Gasteiger partial charge in [0.15, 0.2) is 12.4 Å². The topological polar surface area (TPSA) is 83.8 Å². The number of aliphatic hydroxyl groups excluding tert-OH is 1. The molecule has 1 unspecified atom stereocenters. The molecule has 1 aromatic carbocycles. The molecule has 7 heteroatoms. The van der Waals surface area contributed by atoms with Gasteiger partial charge in [0, 0.05) is 0 Å². The lowest BCUT2D eigenvalue weighted by molar-refractivity contribution is -0.147. The van der Waals surface area contributed by atoms with Crippen molar-refractivity contribution in [1.82, 2.24) is 0 Å². The van der Waals surface area contributed by atoms with Crippen molar-refractivity contribution in [3.8, 4) is 5.75 Å². The predicted octanol–water partition coefficient (Wildman–Crippen LogP) is 1.53. The van der Waals surface area contributed by atoms with E-state index in [1.54, 1.807) is 0 Å². The smallest absolute Gasteiger partial charge is 0.387 e. The van der Waals surface area contributed by atoms with Gasteiger partial charge in [0.05, 0.1) is 5.56 Å². The van der Waals surface area contributed by atoms with Crippen LogP contribution in [0.4, 0.5) is 8.78 Å². The lowest BCUT2D eigenvalue weighted by Crippen LogP contribution is -2.13. The number of hydrogen-bond donors (Lipinski definition) is 2. The Labute approximate surface area is 101 Å². The number of aliphatic carboxylic acids is 1. The molecule has 18 heavy (non-hydrogen) atoms. The maximum absolute atomic E-state index is 12.1. The first-order chi connectivity index (χ1) is 8.36. The van der Waals surface area contributed by atoms with E-state index >= 15 is 0 Å². The third-order valence-electron chi connectivity index (χ3n) is 2.27. The van der Waals surface area contributed by atoms with Gasteiger partial charge >= 0.3 is 12.6 Å². The molecule has 5 nitrogen and oxygen atoms in total. The van der Waals surface area contributed by atoms with Crippen LogP contribution in [0.1, 0.15) is 27.6 Å². The average Bonchev–Trinajstić information content (AvgIpc) is 2.27. The van der Waals surface area contributed by atoms with Crippen LogP contribution in [-0.4, -0.2) is 29.1 Å². The Kier molecular flexibility index (Phi) is 4.33. The van der Waals surface area contributed by atoms with Crippen molar-refractivity contribution in [2.24, 2.45) is 0 Å². The van der Waals surface area contributed by atoms with Crippen LogP contribution in [0.25, 0.3) is 0 Å². The number of rotatable bonds is 5. The molecular formula is C11H10F2O5. The molecule has 0 aromatic heterocycles. The van der Waals surface area contributed by atoms with Crippen molar-refractivity contribution >= 4 is 12.3 Å². The molecule has 0 aliphatic heterocycles. The summed E-state index contributed by atoms with van der Waals surface area (Å²) in [5, 5.41) is 18.0. The highest BCUT2D eigenvalue weighted by Crippen LogP contribution is 2.27. The fraction of sp³-hybridized carbons (Fsp3) is 0.273. The minimum absolute atomic E-state index is 0.0498. The maximum atomic E-state index is 12.1. The predicted molar refractivity (Wildman–Crippen MR) is 55.8 cm³/mol. The highest BCUT2D eigenvalue weighted by atomic mass is 19.3. The van der Waals surface area contributed by atoms with E-state index in [2.05, 4.69) is 4.74 Å². The van der Waals surface area contributed by atoms with E-state index in [0.717, 1.165) is 12.1 Å². The molecule has 0 aliphatic carbocycles. The number of aliphatic hydroxyl groups is 1. The van der Waals surface area contributed by atoms with Crippen LogP contribution in [-0.2, 0) is 4.79 Å². The van der Waals surface area contributed by atoms with Gasteiger partial charge in [-0.25, -0.2) is 4.79 Å². The summed E-state index contributed by atoms with van der Waals surface area (Å²) in [6.45, 7) is -1.69. The maximum Gasteiger partial charge on any atom is 0.387 e. The number of hydrogen-bond acceptors (Lipinski definition) is 4. The summed E-state index contributed by atoms with van der Waals surface area (Å²) < 4.78 is 28.3. The molecule has 0 heterocycles. The highest BCUT2D eigenvalue weighted by Gasteiger charge is 2.21. The standard InChI is InChI=1S/C11H10F2O5/c1-5-2-8(18-11(12)13)6(4-14)3-7(5)9(15)10(16)17/h2-4,9,11,15H,1H3,(H,16,17). The summed E-state index contributed by atoms with van der Waals surface area (Å²) in [5.41, 5.74) is -0.0754. The molecule has 0 aliphatic rings. The average molecular weight is 260 g/mol. The van der Waals surface area contributed by atoms with Crippen molar-refractivity contribution in [3.05, 3.63) is 28.8 Å². The van der Waals surface area contributed by atoms with Crippen molar-refractivity contribution in [2.75, 3.05) is 0 Å². The number of aryl methyl sites for hydroxylation is 1. The van der Waals surface area contributed by atoms with Gasteiger partial charge in [0.25, 0.3) is 0 Å². The summed E-state index contributed by atoms with van der Waals surface area (Å²) in [6, 6.07) is 2.09. The molecule has 1 rings (SSSR count). The van der Waals surface area contributed by atoms with Crippen LogP contribution >= 0.6 is 0 Å². The van der Waals surface area contributed by atoms with Crippen LogP contribution in [0.2, 0.25) is 0 Å². The van der Waals surface area contributed by atoms with E-state index in [4.69, 9.17) is 5.11 Å². The van der Waals surface area contributed by atoms with Gasteiger partial charge in [-0.05, 0) is 30.2 Å². The van der Waals surface area contributed by atoms with E-state index in [9.17, 15) is 23.5 Å². The summed E-state index contributed by atoms with van der Waals surface area (Å²) in [5.74, 6) is -1.86. The Morgan fingerprint density at radius 2 is 2.06 bits per heavy atom.